The van der Waals surface area contributed by atoms with Crippen LogP contribution < -0.4 is 4.74 Å². The van der Waals surface area contributed by atoms with Gasteiger partial charge in [-0.1, -0.05) is 42.5 Å². The van der Waals surface area contributed by atoms with Crippen LogP contribution >= 0.6 is 11.8 Å². The first-order valence-electron chi connectivity index (χ1n) is 9.52. The average Bonchev–Trinajstić information content (AvgIpc) is 3.23. The molecular weight excluding hydrogens is 420 g/mol. The van der Waals surface area contributed by atoms with Crippen molar-refractivity contribution < 1.29 is 17.5 Å². The summed E-state index contributed by atoms with van der Waals surface area (Å²) in [6, 6.07) is 17.7. The molecular formula is C22H24N2O4S2. The monoisotopic (exact) mass is 444 g/mol. The van der Waals surface area contributed by atoms with Crippen LogP contribution in [0.5, 0.6) is 5.75 Å². The molecule has 3 rings (SSSR count). The molecule has 8 heteroatoms. The topological polar surface area (TPSA) is 74.5 Å². The summed E-state index contributed by atoms with van der Waals surface area (Å²) in [5.41, 5.74) is 1.94. The summed E-state index contributed by atoms with van der Waals surface area (Å²) < 4.78 is 27.3. The Hall–Kier alpha value is -2.42. The minimum Gasteiger partial charge on any atom is -0.493 e. The Morgan fingerprint density at radius 3 is 2.63 bits per heavy atom. The summed E-state index contributed by atoms with van der Waals surface area (Å²) in [7, 11) is 0. The van der Waals surface area contributed by atoms with Gasteiger partial charge in [0.1, 0.15) is 5.75 Å². The largest absolute Gasteiger partial charge is 0.493 e. The first-order valence-corrected chi connectivity index (χ1v) is 12.2. The van der Waals surface area contributed by atoms with Crippen LogP contribution in [0.2, 0.25) is 0 Å². The van der Waals surface area contributed by atoms with E-state index in [1.807, 2.05) is 66.7 Å². The number of benzene rings is 2. The molecule has 0 amide bonds. The van der Waals surface area contributed by atoms with Gasteiger partial charge in [0, 0.05) is 17.6 Å². The minimum atomic E-state index is -1.21. The highest BCUT2D eigenvalue weighted by atomic mass is 32.2. The zero-order chi connectivity index (χ0) is 21.0. The summed E-state index contributed by atoms with van der Waals surface area (Å²) in [5.74, 6) is 3.48. The van der Waals surface area contributed by atoms with Crippen molar-refractivity contribution in [3.8, 4) is 17.2 Å². The van der Waals surface area contributed by atoms with E-state index in [-0.39, 0.29) is 0 Å². The Kier molecular flexibility index (Phi) is 9.14. The maximum atomic E-state index is 10.8. The van der Waals surface area contributed by atoms with E-state index < -0.39 is 11.1 Å². The lowest BCUT2D eigenvalue weighted by molar-refractivity contribution is 0.344. The number of para-hydroxylation sites is 1. The first kappa shape index (κ1) is 22.3. The lowest BCUT2D eigenvalue weighted by Gasteiger charge is -2.04. The van der Waals surface area contributed by atoms with E-state index in [0.717, 1.165) is 22.6 Å². The van der Waals surface area contributed by atoms with Gasteiger partial charge < -0.3 is 9.15 Å². The predicted molar refractivity (Wildman–Crippen MR) is 122 cm³/mol. The molecule has 0 aliphatic rings. The van der Waals surface area contributed by atoms with Crippen LogP contribution in [0.15, 0.2) is 65.1 Å². The summed E-state index contributed by atoms with van der Waals surface area (Å²) in [6.45, 7) is 1.08. The first-order chi connectivity index (χ1) is 14.7. The van der Waals surface area contributed by atoms with Gasteiger partial charge in [0.15, 0.2) is 11.1 Å². The van der Waals surface area contributed by atoms with E-state index in [0.29, 0.717) is 37.2 Å². The number of aromatic nitrogens is 2. The second-order valence-corrected chi connectivity index (χ2v) is 8.40. The predicted octanol–water partition coefficient (Wildman–Crippen LogP) is 4.76. The maximum absolute atomic E-state index is 10.8. The fourth-order valence-electron chi connectivity index (χ4n) is 2.51. The summed E-state index contributed by atoms with van der Waals surface area (Å²) in [6.07, 6.45) is 6.22. The van der Waals surface area contributed by atoms with E-state index in [2.05, 4.69) is 10.2 Å². The van der Waals surface area contributed by atoms with Crippen LogP contribution in [0.3, 0.4) is 0 Å². The molecule has 0 spiro atoms. The van der Waals surface area contributed by atoms with Gasteiger partial charge in [-0.3, -0.25) is 4.18 Å². The molecule has 6 nitrogen and oxygen atoms in total. The van der Waals surface area contributed by atoms with Crippen LogP contribution in [0.25, 0.3) is 17.5 Å². The Labute approximate surface area is 183 Å². The highest BCUT2D eigenvalue weighted by Crippen LogP contribution is 2.21. The second-order valence-electron chi connectivity index (χ2n) is 6.25. The number of rotatable bonds is 12. The molecule has 0 aliphatic carbocycles. The smallest absolute Gasteiger partial charge is 0.247 e. The summed E-state index contributed by atoms with van der Waals surface area (Å²) in [4.78, 5) is 0. The van der Waals surface area contributed by atoms with E-state index in [4.69, 9.17) is 13.3 Å². The van der Waals surface area contributed by atoms with Gasteiger partial charge >= 0.3 is 0 Å². The van der Waals surface area contributed by atoms with Gasteiger partial charge in [-0.2, -0.15) is 0 Å². The van der Waals surface area contributed by atoms with Gasteiger partial charge in [0.2, 0.25) is 11.8 Å². The van der Waals surface area contributed by atoms with Gasteiger partial charge in [0.25, 0.3) is 0 Å². The Morgan fingerprint density at radius 2 is 1.87 bits per heavy atom. The number of hydrogen-bond donors (Lipinski definition) is 0. The molecule has 0 fully saturated rings. The molecule has 0 aliphatic heterocycles. The molecule has 1 heterocycles. The fourth-order valence-corrected chi connectivity index (χ4v) is 3.48. The number of thioether (sulfide) groups is 1. The molecule has 1 unspecified atom stereocenters. The Balaban J connectivity index is 1.40. The van der Waals surface area contributed by atoms with Crippen molar-refractivity contribution in [1.29, 1.82) is 0 Å². The van der Waals surface area contributed by atoms with Crippen LogP contribution in [-0.2, 0) is 21.0 Å². The third-order valence-electron chi connectivity index (χ3n) is 3.93. The van der Waals surface area contributed by atoms with Crippen molar-refractivity contribution in [2.75, 3.05) is 25.2 Å². The van der Waals surface area contributed by atoms with Crippen LogP contribution in [0.1, 0.15) is 17.9 Å². The standard InChI is InChI=1S/C22H24N2O4S2/c1-30(25)27-14-6-5-7-18-10-12-19(13-11-18)22-24-23-21(28-22)17-29-16-15-26-20-8-3-2-4-9-20/h2-5,7-13H,6,14-17H2,1H3/b7-5+. The fraction of sp³-hybridized carbons (Fsp3) is 0.273. The molecule has 158 valence electrons. The van der Waals surface area contributed by atoms with Crippen LogP contribution in [0, 0.1) is 0 Å². The highest BCUT2D eigenvalue weighted by molar-refractivity contribution is 7.98. The molecule has 0 N–H and O–H groups in total. The van der Waals surface area contributed by atoms with Crippen molar-refractivity contribution in [3.63, 3.8) is 0 Å². The van der Waals surface area contributed by atoms with Crippen molar-refractivity contribution in [2.45, 2.75) is 12.2 Å². The zero-order valence-electron chi connectivity index (χ0n) is 16.7. The molecule has 1 atom stereocenters. The second kappa shape index (κ2) is 12.3. The zero-order valence-corrected chi connectivity index (χ0v) is 18.4. The van der Waals surface area contributed by atoms with Crippen LogP contribution in [0.4, 0.5) is 0 Å². The minimum absolute atomic E-state index is 0.443. The van der Waals surface area contributed by atoms with Crippen molar-refractivity contribution in [2.24, 2.45) is 0 Å². The summed E-state index contributed by atoms with van der Waals surface area (Å²) in [5, 5.41) is 8.26. The van der Waals surface area contributed by atoms with Crippen molar-refractivity contribution >= 4 is 28.9 Å². The molecule has 0 radical (unpaired) electrons. The van der Waals surface area contributed by atoms with Gasteiger partial charge in [0.05, 0.1) is 19.0 Å². The van der Waals surface area contributed by atoms with E-state index >= 15 is 0 Å². The maximum Gasteiger partial charge on any atom is 0.247 e. The molecule has 1 aromatic heterocycles. The van der Waals surface area contributed by atoms with Gasteiger partial charge in [-0.05, 0) is 36.2 Å². The molecule has 0 saturated heterocycles. The lowest BCUT2D eigenvalue weighted by atomic mass is 10.1. The van der Waals surface area contributed by atoms with E-state index in [1.54, 1.807) is 11.8 Å². The molecule has 3 aromatic rings. The van der Waals surface area contributed by atoms with Crippen LogP contribution in [-0.4, -0.2) is 39.6 Å². The molecule has 0 bridgehead atoms. The quantitative estimate of drug-likeness (QED) is 0.373. The third kappa shape index (κ3) is 7.78. The van der Waals surface area contributed by atoms with E-state index in [9.17, 15) is 4.21 Å². The molecule has 2 aromatic carbocycles. The van der Waals surface area contributed by atoms with Gasteiger partial charge in [-0.25, -0.2) is 4.21 Å². The number of nitrogens with zero attached hydrogens (tertiary/aromatic N) is 2. The normalized spacial score (nSPS) is 12.3. The van der Waals surface area contributed by atoms with Gasteiger partial charge in [-0.15, -0.1) is 22.0 Å². The number of ether oxygens (including phenoxy) is 1. The molecule has 30 heavy (non-hydrogen) atoms. The highest BCUT2D eigenvalue weighted by Gasteiger charge is 2.08. The third-order valence-corrected chi connectivity index (χ3v) is 5.34. The summed E-state index contributed by atoms with van der Waals surface area (Å²) >= 11 is 0.479. The van der Waals surface area contributed by atoms with E-state index in [1.165, 1.54) is 6.26 Å². The molecule has 0 saturated carbocycles. The SMILES string of the molecule is CS(=O)OCC/C=C/c1ccc(-c2nnc(CSCCOc3ccccc3)o2)cc1. The lowest BCUT2D eigenvalue weighted by Crippen LogP contribution is -2.00. The number of hydrogen-bond acceptors (Lipinski definition) is 7. The van der Waals surface area contributed by atoms with Crippen molar-refractivity contribution in [1.82, 2.24) is 10.2 Å². The average molecular weight is 445 g/mol. The van der Waals surface area contributed by atoms with Crippen molar-refractivity contribution in [3.05, 3.63) is 72.1 Å². The Morgan fingerprint density at radius 1 is 1.07 bits per heavy atom. The Bertz CT molecular complexity index is 943.